The second-order valence-electron chi connectivity index (χ2n) is 5.30. The Hall–Kier alpha value is -2.67. The van der Waals surface area contributed by atoms with Gasteiger partial charge >= 0.3 is 5.97 Å². The van der Waals surface area contributed by atoms with Gasteiger partial charge in [-0.05, 0) is 30.7 Å². The van der Waals surface area contributed by atoms with Crippen molar-refractivity contribution in [1.82, 2.24) is 5.32 Å². The van der Waals surface area contributed by atoms with E-state index in [0.29, 0.717) is 22.7 Å². The quantitative estimate of drug-likeness (QED) is 0.862. The number of benzene rings is 1. The highest BCUT2D eigenvalue weighted by atomic mass is 32.1. The molecule has 2 heterocycles. The fourth-order valence-corrected chi connectivity index (χ4v) is 3.41. The fourth-order valence-electron chi connectivity index (χ4n) is 2.58. The van der Waals surface area contributed by atoms with Crippen molar-refractivity contribution in [2.75, 3.05) is 18.6 Å². The minimum absolute atomic E-state index is 0.126. The molecule has 6 nitrogen and oxygen atoms in total. The molecule has 0 radical (unpaired) electrons. The maximum Gasteiger partial charge on any atom is 0.348 e. The van der Waals surface area contributed by atoms with E-state index in [-0.39, 0.29) is 11.8 Å². The molecule has 1 aromatic heterocycles. The van der Waals surface area contributed by atoms with Gasteiger partial charge in [-0.15, -0.1) is 11.3 Å². The van der Waals surface area contributed by atoms with Gasteiger partial charge in [0.25, 0.3) is 5.91 Å². The van der Waals surface area contributed by atoms with Crippen LogP contribution in [0.4, 0.5) is 5.69 Å². The lowest BCUT2D eigenvalue weighted by Gasteiger charge is -2.17. The Bertz CT molecular complexity index is 772. The first-order valence-corrected chi connectivity index (χ1v) is 8.27. The zero-order valence-electron chi connectivity index (χ0n) is 13.0. The average Bonchev–Trinajstić information content (AvgIpc) is 3.23. The summed E-state index contributed by atoms with van der Waals surface area (Å²) < 4.78 is 4.62. The Balaban J connectivity index is 1.66. The number of hydrogen-bond donors (Lipinski definition) is 1. The van der Waals surface area contributed by atoms with Crippen LogP contribution in [-0.4, -0.2) is 37.5 Å². The van der Waals surface area contributed by atoms with Crippen LogP contribution in [0, 0.1) is 0 Å². The van der Waals surface area contributed by atoms with Crippen LogP contribution >= 0.6 is 11.3 Å². The summed E-state index contributed by atoms with van der Waals surface area (Å²) in [5, 5.41) is 2.74. The Labute approximate surface area is 143 Å². The van der Waals surface area contributed by atoms with Gasteiger partial charge in [0.05, 0.1) is 12.0 Å². The lowest BCUT2D eigenvalue weighted by molar-refractivity contribution is -0.118. The normalized spacial score (nSPS) is 17.0. The first-order valence-electron chi connectivity index (χ1n) is 7.45. The van der Waals surface area contributed by atoms with Crippen LogP contribution in [0.15, 0.2) is 42.5 Å². The third kappa shape index (κ3) is 3.16. The molecule has 1 aliphatic heterocycles. The first kappa shape index (κ1) is 16.2. The molecule has 1 atom stereocenters. The van der Waals surface area contributed by atoms with E-state index in [0.717, 1.165) is 17.0 Å². The summed E-state index contributed by atoms with van der Waals surface area (Å²) in [7, 11) is 1.29. The standard InChI is InChI=1S/C17H16N2O4S/c1-23-17(22)14-8-7-13(24-14)15(20)18-12-9-10-19(16(12)21)11-5-3-2-4-6-11/h2-8,12H,9-10H2,1H3,(H,18,20)/t12-/m1/s1. The summed E-state index contributed by atoms with van der Waals surface area (Å²) in [6.07, 6.45) is 0.550. The summed E-state index contributed by atoms with van der Waals surface area (Å²) in [6, 6.07) is 11.9. The van der Waals surface area contributed by atoms with Gasteiger partial charge in [0.1, 0.15) is 10.9 Å². The molecule has 1 N–H and O–H groups in total. The molecule has 2 amide bonds. The van der Waals surface area contributed by atoms with Gasteiger partial charge in [-0.1, -0.05) is 18.2 Å². The Morgan fingerprint density at radius 1 is 1.17 bits per heavy atom. The number of rotatable bonds is 4. The number of nitrogens with zero attached hydrogens (tertiary/aromatic N) is 1. The molecule has 24 heavy (non-hydrogen) atoms. The molecule has 0 saturated carbocycles. The van der Waals surface area contributed by atoms with E-state index in [9.17, 15) is 14.4 Å². The molecule has 1 fully saturated rings. The fraction of sp³-hybridized carbons (Fsp3) is 0.235. The molecule has 7 heteroatoms. The van der Waals surface area contributed by atoms with E-state index in [2.05, 4.69) is 10.1 Å². The lowest BCUT2D eigenvalue weighted by atomic mass is 10.2. The number of thiophene rings is 1. The molecule has 1 aromatic carbocycles. The number of amides is 2. The van der Waals surface area contributed by atoms with E-state index in [1.54, 1.807) is 11.0 Å². The van der Waals surface area contributed by atoms with E-state index in [1.165, 1.54) is 13.2 Å². The van der Waals surface area contributed by atoms with Crippen molar-refractivity contribution in [2.45, 2.75) is 12.5 Å². The molecule has 0 bridgehead atoms. The van der Waals surface area contributed by atoms with Crippen LogP contribution in [0.25, 0.3) is 0 Å². The SMILES string of the molecule is COC(=O)c1ccc(C(=O)N[C@@H]2CCN(c3ccccc3)C2=O)s1. The Kier molecular flexibility index (Phi) is 4.61. The maximum absolute atomic E-state index is 12.5. The predicted octanol–water partition coefficient (Wildman–Crippen LogP) is 2.07. The average molecular weight is 344 g/mol. The molecule has 0 spiro atoms. The molecule has 2 aromatic rings. The zero-order chi connectivity index (χ0) is 17.1. The first-order chi connectivity index (χ1) is 11.6. The van der Waals surface area contributed by atoms with Gasteiger partial charge in [-0.25, -0.2) is 4.79 Å². The van der Waals surface area contributed by atoms with Crippen LogP contribution in [0.1, 0.15) is 25.8 Å². The number of nitrogens with one attached hydrogen (secondary N) is 1. The third-order valence-corrected chi connectivity index (χ3v) is 4.86. The number of methoxy groups -OCH3 is 1. The third-order valence-electron chi connectivity index (χ3n) is 3.80. The number of carbonyl (C=O) groups is 3. The number of hydrogen-bond acceptors (Lipinski definition) is 5. The summed E-state index contributed by atoms with van der Waals surface area (Å²) >= 11 is 1.04. The van der Waals surface area contributed by atoms with Gasteiger partial charge in [-0.3, -0.25) is 9.59 Å². The van der Waals surface area contributed by atoms with Crippen molar-refractivity contribution in [3.63, 3.8) is 0 Å². The van der Waals surface area contributed by atoms with E-state index in [4.69, 9.17) is 0 Å². The van der Waals surface area contributed by atoms with E-state index in [1.807, 2.05) is 30.3 Å². The number of esters is 1. The topological polar surface area (TPSA) is 75.7 Å². The van der Waals surface area contributed by atoms with Gasteiger partial charge in [-0.2, -0.15) is 0 Å². The Morgan fingerprint density at radius 3 is 2.58 bits per heavy atom. The van der Waals surface area contributed by atoms with Crippen molar-refractivity contribution < 1.29 is 19.1 Å². The van der Waals surface area contributed by atoms with Crippen LogP contribution in [0.5, 0.6) is 0 Å². The monoisotopic (exact) mass is 344 g/mol. The maximum atomic E-state index is 12.5. The summed E-state index contributed by atoms with van der Waals surface area (Å²) in [6.45, 7) is 0.561. The molecule has 1 saturated heterocycles. The van der Waals surface area contributed by atoms with Crippen molar-refractivity contribution in [3.8, 4) is 0 Å². The molecule has 0 aliphatic carbocycles. The summed E-state index contributed by atoms with van der Waals surface area (Å²) in [4.78, 5) is 38.6. The highest BCUT2D eigenvalue weighted by Crippen LogP contribution is 2.22. The van der Waals surface area contributed by atoms with Crippen LogP contribution in [-0.2, 0) is 9.53 Å². The summed E-state index contributed by atoms with van der Waals surface area (Å²) in [5.74, 6) is -0.964. The van der Waals surface area contributed by atoms with Gasteiger partial charge < -0.3 is 15.0 Å². The highest BCUT2D eigenvalue weighted by molar-refractivity contribution is 7.15. The largest absolute Gasteiger partial charge is 0.465 e. The van der Waals surface area contributed by atoms with Crippen molar-refractivity contribution in [3.05, 3.63) is 52.2 Å². The van der Waals surface area contributed by atoms with E-state index >= 15 is 0 Å². The molecule has 1 aliphatic rings. The molecular formula is C17H16N2O4S. The molecule has 3 rings (SSSR count). The van der Waals surface area contributed by atoms with Crippen LogP contribution < -0.4 is 10.2 Å². The smallest absolute Gasteiger partial charge is 0.348 e. The second-order valence-corrected chi connectivity index (χ2v) is 6.38. The molecule has 124 valence electrons. The predicted molar refractivity (Wildman–Crippen MR) is 90.3 cm³/mol. The number of carbonyl (C=O) groups excluding carboxylic acids is 3. The van der Waals surface area contributed by atoms with Gasteiger partial charge in [0.2, 0.25) is 5.91 Å². The molecule has 0 unspecified atom stereocenters. The minimum atomic E-state index is -0.554. The van der Waals surface area contributed by atoms with Gasteiger partial charge in [0.15, 0.2) is 0 Å². The lowest BCUT2D eigenvalue weighted by Crippen LogP contribution is -2.41. The minimum Gasteiger partial charge on any atom is -0.465 e. The molecular weight excluding hydrogens is 328 g/mol. The number of ether oxygens (including phenoxy) is 1. The van der Waals surface area contributed by atoms with Crippen molar-refractivity contribution in [2.24, 2.45) is 0 Å². The van der Waals surface area contributed by atoms with Gasteiger partial charge in [0, 0.05) is 12.2 Å². The second kappa shape index (κ2) is 6.84. The number of anilines is 1. The van der Waals surface area contributed by atoms with Crippen molar-refractivity contribution >= 4 is 34.8 Å². The van der Waals surface area contributed by atoms with Crippen LogP contribution in [0.3, 0.4) is 0 Å². The zero-order valence-corrected chi connectivity index (χ0v) is 13.8. The van der Waals surface area contributed by atoms with Crippen molar-refractivity contribution in [1.29, 1.82) is 0 Å². The Morgan fingerprint density at radius 2 is 1.88 bits per heavy atom. The highest BCUT2D eigenvalue weighted by Gasteiger charge is 2.34. The number of para-hydroxylation sites is 1. The van der Waals surface area contributed by atoms with E-state index < -0.39 is 12.0 Å². The van der Waals surface area contributed by atoms with Crippen LogP contribution in [0.2, 0.25) is 0 Å². The summed E-state index contributed by atoms with van der Waals surface area (Å²) in [5.41, 5.74) is 0.823.